The standard InChI is InChI=1S/C29H28N6O3S/c30-27(36)16-35(29(38)26(12-19-4-2-1-3-5-19)33-15-22-17-39-18-34-22)28(37)24-13-21(20-6-9-31-10-7-20)14-25-23(24)8-11-32-25/h1-7,9-10,13-14,17-18,26,32-33H,8,11-12,15-16H2,(H2,30,36)/t26-/m0/s1. The topological polar surface area (TPSA) is 130 Å². The van der Waals surface area contributed by atoms with Crippen molar-refractivity contribution in [3.05, 3.63) is 100 Å². The van der Waals surface area contributed by atoms with Gasteiger partial charge in [-0.2, -0.15) is 0 Å². The average Bonchev–Trinajstić information content (AvgIpc) is 3.66. The lowest BCUT2D eigenvalue weighted by Crippen LogP contribution is -2.52. The Morgan fingerprint density at radius 2 is 1.87 bits per heavy atom. The second-order valence-corrected chi connectivity index (χ2v) is 9.98. The van der Waals surface area contributed by atoms with Crippen molar-refractivity contribution in [1.29, 1.82) is 0 Å². The van der Waals surface area contributed by atoms with Gasteiger partial charge >= 0.3 is 0 Å². The molecule has 4 N–H and O–H groups in total. The van der Waals surface area contributed by atoms with E-state index in [1.165, 1.54) is 11.3 Å². The molecule has 0 saturated carbocycles. The van der Waals surface area contributed by atoms with E-state index in [1.54, 1.807) is 24.0 Å². The van der Waals surface area contributed by atoms with E-state index >= 15 is 0 Å². The van der Waals surface area contributed by atoms with E-state index in [4.69, 9.17) is 5.73 Å². The van der Waals surface area contributed by atoms with Crippen LogP contribution < -0.4 is 16.4 Å². The van der Waals surface area contributed by atoms with Gasteiger partial charge in [-0.3, -0.25) is 29.6 Å². The molecule has 0 aliphatic carbocycles. The molecule has 0 fully saturated rings. The van der Waals surface area contributed by atoms with Gasteiger partial charge in [0.05, 0.1) is 17.2 Å². The van der Waals surface area contributed by atoms with Gasteiger partial charge in [0.15, 0.2) is 0 Å². The first-order valence-corrected chi connectivity index (χ1v) is 13.5. The van der Waals surface area contributed by atoms with E-state index in [0.717, 1.165) is 38.5 Å². The third kappa shape index (κ3) is 6.19. The van der Waals surface area contributed by atoms with Gasteiger partial charge in [0.1, 0.15) is 6.54 Å². The lowest BCUT2D eigenvalue weighted by atomic mass is 9.96. The molecular weight excluding hydrogens is 512 g/mol. The van der Waals surface area contributed by atoms with Crippen molar-refractivity contribution < 1.29 is 14.4 Å². The van der Waals surface area contributed by atoms with Crippen LogP contribution in [0.15, 0.2) is 77.9 Å². The van der Waals surface area contributed by atoms with Crippen molar-refractivity contribution in [2.24, 2.45) is 5.73 Å². The molecule has 1 atom stereocenters. The number of amides is 3. The van der Waals surface area contributed by atoms with E-state index in [0.29, 0.717) is 31.5 Å². The molecule has 39 heavy (non-hydrogen) atoms. The minimum atomic E-state index is -0.785. The van der Waals surface area contributed by atoms with Gasteiger partial charge in [-0.15, -0.1) is 11.3 Å². The maximum atomic E-state index is 14.1. The van der Waals surface area contributed by atoms with Gasteiger partial charge in [0.25, 0.3) is 5.91 Å². The van der Waals surface area contributed by atoms with Crippen LogP contribution in [0.3, 0.4) is 0 Å². The maximum Gasteiger partial charge on any atom is 0.261 e. The average molecular weight is 541 g/mol. The van der Waals surface area contributed by atoms with E-state index in [1.807, 2.05) is 53.9 Å². The fourth-order valence-electron chi connectivity index (χ4n) is 4.71. The number of hydrogen-bond donors (Lipinski definition) is 3. The van der Waals surface area contributed by atoms with Crippen LogP contribution in [0.1, 0.15) is 27.2 Å². The lowest BCUT2D eigenvalue weighted by Gasteiger charge is -2.27. The molecule has 0 bridgehead atoms. The molecule has 0 radical (unpaired) electrons. The Morgan fingerprint density at radius 3 is 2.59 bits per heavy atom. The highest BCUT2D eigenvalue weighted by Gasteiger charge is 2.33. The van der Waals surface area contributed by atoms with Gasteiger partial charge in [-0.1, -0.05) is 30.3 Å². The van der Waals surface area contributed by atoms with E-state index in [-0.39, 0.29) is 0 Å². The number of anilines is 1. The van der Waals surface area contributed by atoms with Crippen molar-refractivity contribution >= 4 is 34.7 Å². The molecule has 198 valence electrons. The number of rotatable bonds is 10. The van der Waals surface area contributed by atoms with Crippen LogP contribution in [0.2, 0.25) is 0 Å². The summed E-state index contributed by atoms with van der Waals surface area (Å²) >= 11 is 1.46. The Hall–Kier alpha value is -4.41. The summed E-state index contributed by atoms with van der Waals surface area (Å²) in [7, 11) is 0. The van der Waals surface area contributed by atoms with Crippen molar-refractivity contribution in [2.45, 2.75) is 25.4 Å². The molecular formula is C29H28N6O3S. The number of aromatic nitrogens is 2. The van der Waals surface area contributed by atoms with Crippen molar-refractivity contribution in [3.8, 4) is 11.1 Å². The zero-order valence-electron chi connectivity index (χ0n) is 21.2. The van der Waals surface area contributed by atoms with Crippen LogP contribution in [-0.4, -0.2) is 51.7 Å². The molecule has 0 spiro atoms. The Morgan fingerprint density at radius 1 is 1.08 bits per heavy atom. The first-order chi connectivity index (χ1) is 19.0. The molecule has 3 heterocycles. The summed E-state index contributed by atoms with van der Waals surface area (Å²) in [4.78, 5) is 49.5. The Labute approximate surface area is 230 Å². The van der Waals surface area contributed by atoms with Crippen LogP contribution in [0.5, 0.6) is 0 Å². The summed E-state index contributed by atoms with van der Waals surface area (Å²) in [5.74, 6) is -1.84. The summed E-state index contributed by atoms with van der Waals surface area (Å²) in [5, 5.41) is 8.47. The number of nitrogens with one attached hydrogen (secondary N) is 2. The fraction of sp³-hybridized carbons (Fsp3) is 0.207. The van der Waals surface area contributed by atoms with Crippen molar-refractivity contribution in [1.82, 2.24) is 20.2 Å². The van der Waals surface area contributed by atoms with Crippen LogP contribution >= 0.6 is 11.3 Å². The molecule has 9 nitrogen and oxygen atoms in total. The smallest absolute Gasteiger partial charge is 0.261 e. The summed E-state index contributed by atoms with van der Waals surface area (Å²) < 4.78 is 0. The molecule has 0 unspecified atom stereocenters. The highest BCUT2D eigenvalue weighted by molar-refractivity contribution is 7.07. The van der Waals surface area contributed by atoms with Gasteiger partial charge in [-0.25, -0.2) is 4.98 Å². The zero-order chi connectivity index (χ0) is 27.2. The number of imide groups is 1. The minimum Gasteiger partial charge on any atom is -0.384 e. The van der Waals surface area contributed by atoms with E-state index in [9.17, 15) is 14.4 Å². The number of benzene rings is 2. The highest BCUT2D eigenvalue weighted by Crippen LogP contribution is 2.33. The van der Waals surface area contributed by atoms with E-state index < -0.39 is 30.3 Å². The second kappa shape index (κ2) is 12.0. The van der Waals surface area contributed by atoms with Crippen LogP contribution in [-0.2, 0) is 29.0 Å². The summed E-state index contributed by atoms with van der Waals surface area (Å²) in [5.41, 5.74) is 12.7. The van der Waals surface area contributed by atoms with Crippen molar-refractivity contribution in [3.63, 3.8) is 0 Å². The van der Waals surface area contributed by atoms with Gasteiger partial charge in [0.2, 0.25) is 11.8 Å². The Bertz CT molecular complexity index is 1460. The van der Waals surface area contributed by atoms with Gasteiger partial charge < -0.3 is 11.1 Å². The molecule has 5 rings (SSSR count). The third-order valence-electron chi connectivity index (χ3n) is 6.60. The summed E-state index contributed by atoms with van der Waals surface area (Å²) in [6.45, 7) is 0.482. The SMILES string of the molecule is NC(=O)CN(C(=O)c1cc(-c2ccncc2)cc2c1CCN2)C(=O)[C@H](Cc1ccccc1)NCc1cscn1. The molecule has 10 heteroatoms. The number of pyridine rings is 1. The fourth-order valence-corrected chi connectivity index (χ4v) is 5.27. The molecule has 2 aromatic heterocycles. The van der Waals surface area contributed by atoms with Crippen molar-refractivity contribution in [2.75, 3.05) is 18.4 Å². The van der Waals surface area contributed by atoms with Gasteiger partial charge in [0, 0.05) is 42.1 Å². The first kappa shape index (κ1) is 26.2. The largest absolute Gasteiger partial charge is 0.384 e. The lowest BCUT2D eigenvalue weighted by molar-refractivity contribution is -0.134. The molecule has 1 aliphatic heterocycles. The molecule has 2 aromatic carbocycles. The first-order valence-electron chi connectivity index (χ1n) is 12.6. The second-order valence-electron chi connectivity index (χ2n) is 9.26. The van der Waals surface area contributed by atoms with Crippen LogP contribution in [0.4, 0.5) is 5.69 Å². The minimum absolute atomic E-state index is 0.322. The number of nitrogens with two attached hydrogens (primary N) is 1. The van der Waals surface area contributed by atoms with Crippen LogP contribution in [0, 0.1) is 0 Å². The van der Waals surface area contributed by atoms with Crippen LogP contribution in [0.25, 0.3) is 11.1 Å². The predicted molar refractivity (Wildman–Crippen MR) is 150 cm³/mol. The number of primary amides is 1. The monoisotopic (exact) mass is 540 g/mol. The normalized spacial score (nSPS) is 12.8. The number of hydrogen-bond acceptors (Lipinski definition) is 8. The third-order valence-corrected chi connectivity index (χ3v) is 7.24. The van der Waals surface area contributed by atoms with E-state index in [2.05, 4.69) is 20.6 Å². The summed E-state index contributed by atoms with van der Waals surface area (Å²) in [6.07, 6.45) is 4.31. The quantitative estimate of drug-likeness (QED) is 0.282. The Balaban J connectivity index is 1.50. The van der Waals surface area contributed by atoms with Gasteiger partial charge in [-0.05, 0) is 59.4 Å². The highest BCUT2D eigenvalue weighted by atomic mass is 32.1. The summed E-state index contributed by atoms with van der Waals surface area (Å²) in [6, 6.07) is 16.2. The Kier molecular flexibility index (Phi) is 8.04. The molecule has 1 aliphatic rings. The number of fused-ring (bicyclic) bond motifs is 1. The maximum absolute atomic E-state index is 14.1. The number of carbonyl (C=O) groups excluding carboxylic acids is 3. The molecule has 4 aromatic rings. The molecule has 0 saturated heterocycles. The number of nitrogens with zero attached hydrogens (tertiary/aromatic N) is 3. The zero-order valence-corrected chi connectivity index (χ0v) is 22.0. The predicted octanol–water partition coefficient (Wildman–Crippen LogP) is 3.03. The number of carbonyl (C=O) groups is 3. The number of thiazole rings is 1. The molecule has 3 amide bonds.